The maximum absolute atomic E-state index is 14.4. The maximum atomic E-state index is 14.4. The number of phenolic OH excluding ortho intramolecular Hbond substituents is 2. The number of fused-ring (bicyclic) bond motifs is 3. The first-order valence-electron chi connectivity index (χ1n) is 32.3. The highest BCUT2D eigenvalue weighted by molar-refractivity contribution is 6.31. The molecule has 0 aromatic heterocycles. The van der Waals surface area contributed by atoms with E-state index in [0.29, 0.717) is 25.7 Å². The molecule has 2 aromatic rings. The summed E-state index contributed by atoms with van der Waals surface area (Å²) in [5.74, 6) is -15.8. The summed E-state index contributed by atoms with van der Waals surface area (Å²) in [7, 11) is 1.25. The van der Waals surface area contributed by atoms with Crippen LogP contribution in [0.15, 0.2) is 18.2 Å². The predicted molar refractivity (Wildman–Crippen MR) is 335 cm³/mol. The number of carboxylic acid groups (broad SMARTS) is 1. The Labute approximate surface area is 561 Å². The molecule has 7 rings (SSSR count). The number of amides is 9. The minimum absolute atomic E-state index is 0.0284. The minimum atomic E-state index is -2.51. The second-order valence-corrected chi connectivity index (χ2v) is 25.8. The lowest BCUT2D eigenvalue weighted by Gasteiger charge is -2.43. The molecule has 34 nitrogen and oxygen atoms in total. The van der Waals surface area contributed by atoms with Crippen molar-refractivity contribution in [3.8, 4) is 17.2 Å². The first-order chi connectivity index (χ1) is 46.3. The van der Waals surface area contributed by atoms with Crippen molar-refractivity contribution in [1.29, 1.82) is 0 Å². The zero-order valence-corrected chi connectivity index (χ0v) is 54.7. The second kappa shape index (κ2) is 33.2. The molecule has 18 N–H and O–H groups in total. The lowest BCUT2D eigenvalue weighted by Crippen LogP contribution is -2.62. The average molecular weight is 1380 g/mol. The Kier molecular flexibility index (Phi) is 25.9. The molecule has 5 aliphatic rings. The molecule has 0 bridgehead atoms. The number of hydrogen-bond acceptors (Lipinski definition) is 24. The van der Waals surface area contributed by atoms with E-state index in [0.717, 1.165) is 11.3 Å². The number of β-amino-alcohol motifs (C(OH)–C–C–N with tert-alkyl or cyclic N) is 1. The number of likely N-dealkylation sites (tertiary alicyclic amines) is 1. The number of aromatic hydroxyl groups is 2. The number of ether oxygens (including phenoxy) is 3. The number of aliphatic hydroxyl groups is 6. The highest BCUT2D eigenvalue weighted by atomic mass is 16.7. The number of ketones is 3. The normalized spacial score (nSPS) is 24.0. The Morgan fingerprint density at radius 2 is 1.35 bits per heavy atom. The van der Waals surface area contributed by atoms with Crippen LogP contribution in [-0.2, 0) is 68.6 Å². The van der Waals surface area contributed by atoms with Crippen LogP contribution in [0.25, 0.3) is 0 Å². The first-order valence-corrected chi connectivity index (χ1v) is 32.3. The van der Waals surface area contributed by atoms with Gasteiger partial charge in [-0.25, -0.2) is 0 Å². The quantitative estimate of drug-likeness (QED) is 0.0281. The van der Waals surface area contributed by atoms with Crippen LogP contribution in [0.1, 0.15) is 160 Å². The van der Waals surface area contributed by atoms with Crippen molar-refractivity contribution in [3.05, 3.63) is 51.6 Å². The molecular weight excluding hydrogens is 1290 g/mol. The molecule has 9 amide bonds. The Bertz CT molecular complexity index is 3410. The van der Waals surface area contributed by atoms with Gasteiger partial charge in [0.2, 0.25) is 58.9 Å². The monoisotopic (exact) mass is 1380 g/mol. The summed E-state index contributed by atoms with van der Waals surface area (Å²) < 4.78 is 17.6. The van der Waals surface area contributed by atoms with Crippen molar-refractivity contribution in [2.24, 2.45) is 17.6 Å². The molecule has 1 saturated carbocycles. The third-order valence-corrected chi connectivity index (χ3v) is 18.3. The van der Waals surface area contributed by atoms with Gasteiger partial charge < -0.3 is 108 Å². The van der Waals surface area contributed by atoms with Crippen molar-refractivity contribution in [3.63, 3.8) is 0 Å². The Morgan fingerprint density at radius 1 is 0.735 bits per heavy atom. The standard InChI is InChI=1S/C64H87N9O25/c1-27(2)18-36(59(90)68-35-20-46(97-29(4)52(35)83)98-41-22-64(95,42(78)26-76)21-33-48(41)56(87)50-49(54(33)85)53(84)32-12-9-13-40(96-5)47(32)55(50)86)69-60(91)37(24-74)71-58(89)34(14-15-43(65)79)67-63(94)51(30-10-7-6-8-11-30)72-61(92)38(25-75)70-57(88)28(3)66-62(93)39-19-31(77)23-73(39)44(80)16-17-45(81)82/h9,12-13,27-31,34-39,41,46,51-52,74-77,83,85,87,95H,6-8,10-11,14-26H2,1-5H3,(H2,65,79)(H,66,93)(H,67,94)(H,68,90)(H,69,91)(H,70,88)(H,71,89)(H,72,92)(H,81,82)/t28-,29?,31+,34-,35?,36-,37-,38-,39?,41-,46?,51-,52?,64-/m0/s1. The third-order valence-electron chi connectivity index (χ3n) is 18.3. The van der Waals surface area contributed by atoms with Gasteiger partial charge >= 0.3 is 5.97 Å². The fourth-order valence-electron chi connectivity index (χ4n) is 13.1. The zero-order chi connectivity index (χ0) is 72.4. The summed E-state index contributed by atoms with van der Waals surface area (Å²) in [5, 5.41) is 114. The van der Waals surface area contributed by atoms with Crippen molar-refractivity contribution in [2.45, 2.75) is 202 Å². The molecule has 34 heteroatoms. The maximum Gasteiger partial charge on any atom is 0.303 e. The zero-order valence-electron chi connectivity index (χ0n) is 54.7. The lowest BCUT2D eigenvalue weighted by molar-refractivity contribution is -0.249. The van der Waals surface area contributed by atoms with Gasteiger partial charge in [-0.3, -0.25) is 62.3 Å². The van der Waals surface area contributed by atoms with E-state index >= 15 is 0 Å². The number of methoxy groups -OCH3 is 1. The summed E-state index contributed by atoms with van der Waals surface area (Å²) in [6.07, 6.45) is -8.59. The molecule has 5 unspecified atom stereocenters. The Morgan fingerprint density at radius 3 is 1.96 bits per heavy atom. The van der Waals surface area contributed by atoms with Crippen LogP contribution >= 0.6 is 0 Å². The average Bonchev–Trinajstić information content (AvgIpc) is 0.770. The molecule has 3 fully saturated rings. The molecule has 2 aliphatic heterocycles. The van der Waals surface area contributed by atoms with Gasteiger partial charge in [0.1, 0.15) is 77.9 Å². The van der Waals surface area contributed by atoms with Gasteiger partial charge in [-0.2, -0.15) is 0 Å². The molecule has 0 radical (unpaired) electrons. The molecule has 3 aliphatic carbocycles. The van der Waals surface area contributed by atoms with Crippen LogP contribution in [-0.4, -0.2) is 239 Å². The molecule has 98 heavy (non-hydrogen) atoms. The number of carbonyl (C=O) groups is 13. The molecule has 2 aromatic carbocycles. The lowest BCUT2D eigenvalue weighted by atomic mass is 9.72. The molecule has 14 atom stereocenters. The van der Waals surface area contributed by atoms with Gasteiger partial charge in [-0.1, -0.05) is 45.2 Å². The van der Waals surface area contributed by atoms with E-state index in [9.17, 15) is 103 Å². The van der Waals surface area contributed by atoms with E-state index in [1.54, 1.807) is 13.8 Å². The number of nitrogens with one attached hydrogen (secondary N) is 7. The largest absolute Gasteiger partial charge is 0.507 e. The van der Waals surface area contributed by atoms with Gasteiger partial charge in [0.25, 0.3) is 0 Å². The number of rotatable bonds is 30. The molecule has 538 valence electrons. The number of primary amides is 1. The summed E-state index contributed by atoms with van der Waals surface area (Å²) >= 11 is 0. The fraction of sp³-hybridized carbons (Fsp3) is 0.609. The van der Waals surface area contributed by atoms with Gasteiger partial charge in [0.15, 0.2) is 17.9 Å². The number of Topliss-reactive ketones (excluding diaryl/α,β-unsaturated/α-hetero) is 1. The van der Waals surface area contributed by atoms with Crippen LogP contribution in [0.2, 0.25) is 0 Å². The smallest absolute Gasteiger partial charge is 0.303 e. The Hall–Kier alpha value is -8.77. The fourth-order valence-corrected chi connectivity index (χ4v) is 13.1. The van der Waals surface area contributed by atoms with Gasteiger partial charge in [0, 0.05) is 61.8 Å². The van der Waals surface area contributed by atoms with E-state index in [-0.39, 0.29) is 53.3 Å². The van der Waals surface area contributed by atoms with Crippen molar-refractivity contribution in [1.82, 2.24) is 42.1 Å². The van der Waals surface area contributed by atoms with E-state index in [2.05, 4.69) is 37.2 Å². The number of carboxylic acids is 1. The second-order valence-electron chi connectivity index (χ2n) is 25.8. The number of nitrogens with two attached hydrogens (primary N) is 1. The highest BCUT2D eigenvalue weighted by Gasteiger charge is 2.51. The van der Waals surface area contributed by atoms with Crippen molar-refractivity contribution >= 4 is 76.5 Å². The van der Waals surface area contributed by atoms with Crippen LogP contribution in [0.3, 0.4) is 0 Å². The first kappa shape index (κ1) is 76.6. The number of nitrogens with zero attached hydrogens (tertiary/aromatic N) is 1. The molecule has 0 spiro atoms. The van der Waals surface area contributed by atoms with Crippen molar-refractivity contribution < 1.29 is 122 Å². The molecule has 2 heterocycles. The molecule has 2 saturated heterocycles. The predicted octanol–water partition coefficient (Wildman–Crippen LogP) is -4.21. The van der Waals surface area contributed by atoms with Crippen molar-refractivity contribution in [2.75, 3.05) is 33.5 Å². The van der Waals surface area contributed by atoms with E-state index in [1.807, 2.05) is 0 Å². The van der Waals surface area contributed by atoms with Gasteiger partial charge in [-0.05, 0) is 57.4 Å². The number of aliphatic hydroxyl groups excluding tert-OH is 5. The Balaban J connectivity index is 1.03. The summed E-state index contributed by atoms with van der Waals surface area (Å²) in [5.41, 5.74) is 0.548. The summed E-state index contributed by atoms with van der Waals surface area (Å²) in [6, 6.07) is -8.15. The summed E-state index contributed by atoms with van der Waals surface area (Å²) in [6.45, 7) is 2.38. The van der Waals surface area contributed by atoms with Crippen LogP contribution in [0.4, 0.5) is 0 Å². The number of benzene rings is 2. The topological polar surface area (TPSA) is 545 Å². The van der Waals surface area contributed by atoms with Gasteiger partial charge in [0.05, 0.1) is 67.8 Å². The minimum Gasteiger partial charge on any atom is -0.507 e. The summed E-state index contributed by atoms with van der Waals surface area (Å²) in [4.78, 5) is 176. The van der Waals surface area contributed by atoms with Crippen LogP contribution in [0.5, 0.6) is 17.2 Å². The van der Waals surface area contributed by atoms with E-state index in [4.69, 9.17) is 25.1 Å². The van der Waals surface area contributed by atoms with Crippen LogP contribution < -0.4 is 47.7 Å². The highest BCUT2D eigenvalue weighted by Crippen LogP contribution is 2.53. The number of phenols is 2. The van der Waals surface area contributed by atoms with Gasteiger partial charge in [-0.15, -0.1) is 0 Å². The molecular formula is C64H87N9O25. The number of carbonyl (C=O) groups excluding carboxylic acids is 12. The van der Waals surface area contributed by atoms with E-state index < -0.39 is 254 Å². The van der Waals surface area contributed by atoms with Crippen LogP contribution in [0, 0.1) is 11.8 Å². The SMILES string of the molecule is COc1cccc2c1C(=O)c1c(O)c3c(c(O)c1C2=O)C[C@@](O)(C(=O)CO)C[C@@H]3OC1CC(NC(=O)[C@H](CC(C)C)NC(=O)[C@H](CO)NC(=O)[C@H](CCC(N)=O)NC(=O)[C@@H](NC(=O)[C@H](CO)NC(=O)[C@H](C)NC(=O)C2C[C@@H](O)CN2C(=O)CCC(=O)O)C2CCCCC2)C(O)C(C)O1. The van der Waals surface area contributed by atoms with E-state index in [1.165, 1.54) is 39.2 Å². The number of hydrogen-bond donors (Lipinski definition) is 17. The third kappa shape index (κ3) is 17.7. The number of aliphatic carboxylic acids is 1.